The number of ketones is 1. The van der Waals surface area contributed by atoms with Crippen molar-refractivity contribution in [2.24, 2.45) is 0 Å². The summed E-state index contributed by atoms with van der Waals surface area (Å²) in [6, 6.07) is 11.8. The molecule has 3 nitrogen and oxygen atoms in total. The summed E-state index contributed by atoms with van der Waals surface area (Å²) in [6.45, 7) is 4.01. The molecule has 92 valence electrons. The second-order valence-corrected chi connectivity index (χ2v) is 4.42. The molecule has 0 aliphatic heterocycles. The van der Waals surface area contributed by atoms with Gasteiger partial charge in [-0.3, -0.25) is 4.79 Å². The lowest BCUT2D eigenvalue weighted by Crippen LogP contribution is -2.15. The molecule has 3 heteroatoms. The van der Waals surface area contributed by atoms with Gasteiger partial charge in [0.15, 0.2) is 5.78 Å². The molecule has 1 N–H and O–H groups in total. The van der Waals surface area contributed by atoms with Gasteiger partial charge < -0.3 is 5.11 Å². The number of aromatic carboxylic acids is 1. The molecule has 0 spiro atoms. The van der Waals surface area contributed by atoms with Crippen molar-refractivity contribution in [3.63, 3.8) is 0 Å². The monoisotopic (exact) mass is 250 g/mol. The van der Waals surface area contributed by atoms with Gasteiger partial charge in [-0.2, -0.15) is 0 Å². The van der Waals surface area contributed by atoms with E-state index in [1.807, 2.05) is 12.1 Å². The average molecular weight is 250 g/mol. The van der Waals surface area contributed by atoms with Gasteiger partial charge in [-0.05, 0) is 28.8 Å². The van der Waals surface area contributed by atoms with Crippen molar-refractivity contribution in [2.75, 3.05) is 0 Å². The first-order valence-electron chi connectivity index (χ1n) is 5.80. The minimum atomic E-state index is -1.04. The SMILES string of the molecule is C=C1c2ccccc2C(=O)c2cc(C(=O)O)ccc21. The van der Waals surface area contributed by atoms with Crippen LogP contribution < -0.4 is 0 Å². The Balaban J connectivity index is 2.27. The molecule has 0 fully saturated rings. The number of fused-ring (bicyclic) bond motifs is 2. The van der Waals surface area contributed by atoms with Crippen LogP contribution in [0.1, 0.15) is 37.4 Å². The van der Waals surface area contributed by atoms with Gasteiger partial charge in [0.25, 0.3) is 0 Å². The number of carboxylic acid groups (broad SMARTS) is 1. The lowest BCUT2D eigenvalue weighted by atomic mass is 9.81. The number of carbonyl (C=O) groups is 2. The molecule has 0 amide bonds. The summed E-state index contributed by atoms with van der Waals surface area (Å²) in [5, 5.41) is 9.00. The highest BCUT2D eigenvalue weighted by Gasteiger charge is 2.26. The minimum absolute atomic E-state index is 0.110. The molecule has 2 aromatic rings. The van der Waals surface area contributed by atoms with Crippen LogP contribution in [-0.4, -0.2) is 16.9 Å². The highest BCUT2D eigenvalue weighted by Crippen LogP contribution is 2.34. The fourth-order valence-corrected chi connectivity index (χ4v) is 2.36. The predicted octanol–water partition coefficient (Wildman–Crippen LogP) is 2.99. The number of rotatable bonds is 1. The second kappa shape index (κ2) is 3.92. The van der Waals surface area contributed by atoms with E-state index in [4.69, 9.17) is 5.11 Å². The topological polar surface area (TPSA) is 54.4 Å². The molecule has 0 atom stereocenters. The van der Waals surface area contributed by atoms with Crippen molar-refractivity contribution < 1.29 is 14.7 Å². The molecule has 0 saturated heterocycles. The smallest absolute Gasteiger partial charge is 0.335 e. The molecule has 0 aromatic heterocycles. The normalized spacial score (nSPS) is 12.8. The predicted molar refractivity (Wildman–Crippen MR) is 71.4 cm³/mol. The molecular formula is C16H10O3. The van der Waals surface area contributed by atoms with E-state index in [1.165, 1.54) is 12.1 Å². The summed E-state index contributed by atoms with van der Waals surface area (Å²) in [6.07, 6.45) is 0. The van der Waals surface area contributed by atoms with Crippen molar-refractivity contribution in [1.82, 2.24) is 0 Å². The first-order valence-corrected chi connectivity index (χ1v) is 5.80. The highest BCUT2D eigenvalue weighted by atomic mass is 16.4. The molecule has 0 saturated carbocycles. The van der Waals surface area contributed by atoms with E-state index in [1.54, 1.807) is 18.2 Å². The van der Waals surface area contributed by atoms with E-state index in [-0.39, 0.29) is 11.3 Å². The zero-order valence-electron chi connectivity index (χ0n) is 10.0. The zero-order valence-corrected chi connectivity index (χ0v) is 10.0. The number of benzene rings is 2. The van der Waals surface area contributed by atoms with Crippen LogP contribution in [0.5, 0.6) is 0 Å². The molecule has 1 aliphatic rings. The van der Waals surface area contributed by atoms with Crippen molar-refractivity contribution in [3.8, 4) is 0 Å². The lowest BCUT2D eigenvalue weighted by Gasteiger charge is -2.20. The Labute approximate surface area is 109 Å². The van der Waals surface area contributed by atoms with Crippen molar-refractivity contribution in [1.29, 1.82) is 0 Å². The maximum absolute atomic E-state index is 12.4. The average Bonchev–Trinajstić information content (AvgIpc) is 2.44. The summed E-state index contributed by atoms with van der Waals surface area (Å²) in [5.41, 5.74) is 3.35. The fourth-order valence-electron chi connectivity index (χ4n) is 2.36. The number of carbonyl (C=O) groups excluding carboxylic acids is 1. The Morgan fingerprint density at radius 3 is 2.26 bits per heavy atom. The van der Waals surface area contributed by atoms with Crippen LogP contribution in [0.3, 0.4) is 0 Å². The van der Waals surface area contributed by atoms with E-state index in [9.17, 15) is 9.59 Å². The first kappa shape index (κ1) is 11.4. The zero-order chi connectivity index (χ0) is 13.6. The Morgan fingerprint density at radius 1 is 0.947 bits per heavy atom. The maximum Gasteiger partial charge on any atom is 0.335 e. The quantitative estimate of drug-likeness (QED) is 0.722. The number of hydrogen-bond donors (Lipinski definition) is 1. The van der Waals surface area contributed by atoms with Crippen LogP contribution in [0, 0.1) is 0 Å². The molecule has 2 aromatic carbocycles. The van der Waals surface area contributed by atoms with Crippen LogP contribution in [0.25, 0.3) is 5.57 Å². The highest BCUT2D eigenvalue weighted by molar-refractivity contribution is 6.19. The van der Waals surface area contributed by atoms with E-state index >= 15 is 0 Å². The minimum Gasteiger partial charge on any atom is -0.478 e. The Bertz CT molecular complexity index is 741. The Hall–Kier alpha value is -2.68. The van der Waals surface area contributed by atoms with Gasteiger partial charge in [-0.25, -0.2) is 4.79 Å². The van der Waals surface area contributed by atoms with E-state index in [2.05, 4.69) is 6.58 Å². The third-order valence-electron chi connectivity index (χ3n) is 3.33. The van der Waals surface area contributed by atoms with Gasteiger partial charge in [0.05, 0.1) is 5.56 Å². The molecule has 0 unspecified atom stereocenters. The largest absolute Gasteiger partial charge is 0.478 e. The van der Waals surface area contributed by atoms with Crippen molar-refractivity contribution >= 4 is 17.3 Å². The fraction of sp³-hybridized carbons (Fsp3) is 0. The standard InChI is InChI=1S/C16H10O3/c1-9-11-4-2-3-5-13(11)15(17)14-8-10(16(18)19)6-7-12(9)14/h2-8H,1H2,(H,18,19). The third kappa shape index (κ3) is 1.59. The molecule has 0 heterocycles. The van der Waals surface area contributed by atoms with Crippen LogP contribution in [-0.2, 0) is 0 Å². The van der Waals surface area contributed by atoms with Crippen LogP contribution in [0.2, 0.25) is 0 Å². The maximum atomic E-state index is 12.4. The summed E-state index contributed by atoms with van der Waals surface area (Å²) in [7, 11) is 0. The summed E-state index contributed by atoms with van der Waals surface area (Å²) in [5.74, 6) is -1.19. The van der Waals surface area contributed by atoms with Gasteiger partial charge in [0.2, 0.25) is 0 Å². The van der Waals surface area contributed by atoms with Gasteiger partial charge in [-0.15, -0.1) is 0 Å². The summed E-state index contributed by atoms with van der Waals surface area (Å²) >= 11 is 0. The van der Waals surface area contributed by atoms with E-state index < -0.39 is 5.97 Å². The second-order valence-electron chi connectivity index (χ2n) is 4.42. The van der Waals surface area contributed by atoms with Gasteiger partial charge in [0, 0.05) is 11.1 Å². The third-order valence-corrected chi connectivity index (χ3v) is 3.33. The summed E-state index contributed by atoms with van der Waals surface area (Å²) in [4.78, 5) is 23.4. The van der Waals surface area contributed by atoms with Gasteiger partial charge >= 0.3 is 5.97 Å². The van der Waals surface area contributed by atoms with Crippen LogP contribution >= 0.6 is 0 Å². The molecular weight excluding hydrogens is 240 g/mol. The van der Waals surface area contributed by atoms with Gasteiger partial charge in [-0.1, -0.05) is 36.9 Å². The molecule has 0 bridgehead atoms. The Morgan fingerprint density at radius 2 is 1.58 bits per heavy atom. The van der Waals surface area contributed by atoms with Crippen LogP contribution in [0.15, 0.2) is 49.0 Å². The molecule has 1 aliphatic carbocycles. The number of hydrogen-bond acceptors (Lipinski definition) is 2. The summed E-state index contributed by atoms with van der Waals surface area (Å²) < 4.78 is 0. The first-order chi connectivity index (χ1) is 9.09. The van der Waals surface area contributed by atoms with Gasteiger partial charge in [0.1, 0.15) is 0 Å². The number of carboxylic acids is 1. The molecule has 3 rings (SSSR count). The molecule has 0 radical (unpaired) electrons. The van der Waals surface area contributed by atoms with E-state index in [0.29, 0.717) is 16.7 Å². The van der Waals surface area contributed by atoms with Crippen molar-refractivity contribution in [2.45, 2.75) is 0 Å². The Kier molecular flexibility index (Phi) is 2.35. The van der Waals surface area contributed by atoms with Crippen molar-refractivity contribution in [3.05, 3.63) is 76.9 Å². The molecule has 19 heavy (non-hydrogen) atoms. The van der Waals surface area contributed by atoms with Crippen LogP contribution in [0.4, 0.5) is 0 Å². The lowest BCUT2D eigenvalue weighted by molar-refractivity contribution is 0.0697. The van der Waals surface area contributed by atoms with E-state index in [0.717, 1.165) is 11.1 Å².